The third kappa shape index (κ3) is 5.71. The van der Waals surface area contributed by atoms with E-state index in [0.717, 1.165) is 47.8 Å². The lowest BCUT2D eigenvalue weighted by atomic mass is 10.0. The number of pyridine rings is 1. The van der Waals surface area contributed by atoms with E-state index >= 15 is 0 Å². The molecule has 170 valence electrons. The minimum absolute atomic E-state index is 0.154. The van der Waals surface area contributed by atoms with Gasteiger partial charge in [-0.15, -0.1) is 0 Å². The Hall–Kier alpha value is -3.81. The lowest BCUT2D eigenvalue weighted by molar-refractivity contribution is 0.570. The summed E-state index contributed by atoms with van der Waals surface area (Å²) < 4.78 is 55.3. The number of benzene rings is 2. The van der Waals surface area contributed by atoms with Crippen molar-refractivity contribution in [3.63, 3.8) is 0 Å². The fourth-order valence-electron chi connectivity index (χ4n) is 3.09. The molecule has 5 N–H and O–H groups in total. The Bertz CT molecular complexity index is 1330. The molecule has 0 aliphatic rings. The first-order chi connectivity index (χ1) is 15.7. The van der Waals surface area contributed by atoms with E-state index in [4.69, 9.17) is 11.1 Å². The number of rotatable bonds is 7. The van der Waals surface area contributed by atoms with Crippen molar-refractivity contribution >= 4 is 27.7 Å². The predicted molar refractivity (Wildman–Crippen MR) is 124 cm³/mol. The molecule has 1 aromatic heterocycles. The van der Waals surface area contributed by atoms with E-state index in [9.17, 15) is 17.2 Å². The Morgan fingerprint density at radius 1 is 1.21 bits per heavy atom. The van der Waals surface area contributed by atoms with Gasteiger partial charge in [-0.05, 0) is 42.8 Å². The minimum Gasteiger partial charge on any atom is -0.378 e. The van der Waals surface area contributed by atoms with Gasteiger partial charge >= 0.3 is 0 Å². The molecule has 1 heterocycles. The molecule has 1 atom stereocenters. The Morgan fingerprint density at radius 2 is 1.97 bits per heavy atom. The molecule has 0 aliphatic carbocycles. The molecule has 0 amide bonds. The summed E-state index contributed by atoms with van der Waals surface area (Å²) in [6, 6.07) is 11.2. The standard InChI is InChI=1S/C23H21F2N5O2S/c1-15(19-7-3-2-5-16(19)6-4-10-26)29-21-12-20(25)22(11-17(21)13-27)33(31,32)30-23-9-8-18(24)14-28-23/h2-3,5,7-9,11-15,27,29H,10,26H2,1H3,(H,28,30)/t15-/m1/s1. The van der Waals surface area contributed by atoms with E-state index < -0.39 is 26.6 Å². The molecule has 3 aromatic rings. The number of nitrogens with two attached hydrogens (primary N) is 1. The van der Waals surface area contributed by atoms with Crippen LogP contribution in [0.1, 0.15) is 29.7 Å². The van der Waals surface area contributed by atoms with Crippen LogP contribution < -0.4 is 15.8 Å². The fourth-order valence-corrected chi connectivity index (χ4v) is 4.20. The maximum Gasteiger partial charge on any atom is 0.265 e. The summed E-state index contributed by atoms with van der Waals surface area (Å²) in [6.07, 6.45) is 1.76. The van der Waals surface area contributed by atoms with Crippen LogP contribution in [0.4, 0.5) is 20.3 Å². The van der Waals surface area contributed by atoms with Crippen LogP contribution in [0.25, 0.3) is 0 Å². The van der Waals surface area contributed by atoms with E-state index in [-0.39, 0.29) is 29.7 Å². The van der Waals surface area contributed by atoms with E-state index in [0.29, 0.717) is 0 Å². The van der Waals surface area contributed by atoms with Crippen LogP contribution >= 0.6 is 0 Å². The average molecular weight is 470 g/mol. The van der Waals surface area contributed by atoms with Crippen molar-refractivity contribution in [1.82, 2.24) is 4.98 Å². The van der Waals surface area contributed by atoms with Crippen molar-refractivity contribution in [3.05, 3.63) is 83.1 Å². The summed E-state index contributed by atoms with van der Waals surface area (Å²) in [5.41, 5.74) is 7.41. The van der Waals surface area contributed by atoms with Crippen LogP contribution in [0.15, 0.2) is 59.6 Å². The summed E-state index contributed by atoms with van der Waals surface area (Å²) >= 11 is 0. The number of nitrogens with one attached hydrogen (secondary N) is 3. The first-order valence-electron chi connectivity index (χ1n) is 9.78. The van der Waals surface area contributed by atoms with Crippen molar-refractivity contribution in [2.75, 3.05) is 16.6 Å². The van der Waals surface area contributed by atoms with Crippen LogP contribution in [0.5, 0.6) is 0 Å². The van der Waals surface area contributed by atoms with Crippen LogP contribution in [0.3, 0.4) is 0 Å². The average Bonchev–Trinajstić information content (AvgIpc) is 2.79. The second kappa shape index (κ2) is 10.2. The zero-order chi connectivity index (χ0) is 24.0. The van der Waals surface area contributed by atoms with Crippen LogP contribution in [-0.2, 0) is 10.0 Å². The number of hydrogen-bond donors (Lipinski definition) is 4. The lowest BCUT2D eigenvalue weighted by Crippen LogP contribution is -2.17. The van der Waals surface area contributed by atoms with Gasteiger partial charge in [0, 0.05) is 29.1 Å². The molecular weight excluding hydrogens is 448 g/mol. The third-order valence-electron chi connectivity index (χ3n) is 4.64. The lowest BCUT2D eigenvalue weighted by Gasteiger charge is -2.20. The molecule has 0 radical (unpaired) electrons. The Balaban J connectivity index is 1.92. The van der Waals surface area contributed by atoms with Gasteiger partial charge in [0.15, 0.2) is 0 Å². The molecule has 0 spiro atoms. The van der Waals surface area contributed by atoms with Crippen molar-refractivity contribution < 1.29 is 17.2 Å². The summed E-state index contributed by atoms with van der Waals surface area (Å²) in [4.78, 5) is 2.95. The van der Waals surface area contributed by atoms with Crippen molar-refractivity contribution in [1.29, 1.82) is 5.41 Å². The summed E-state index contributed by atoms with van der Waals surface area (Å²) in [5, 5.41) is 10.8. The number of hydrogen-bond acceptors (Lipinski definition) is 6. The first-order valence-corrected chi connectivity index (χ1v) is 11.3. The summed E-state index contributed by atoms with van der Waals surface area (Å²) in [5.74, 6) is 3.94. The summed E-state index contributed by atoms with van der Waals surface area (Å²) in [6.45, 7) is 2.04. The molecule has 0 unspecified atom stereocenters. The largest absolute Gasteiger partial charge is 0.378 e. The molecule has 0 fully saturated rings. The number of aromatic nitrogens is 1. The number of sulfonamides is 1. The van der Waals surface area contributed by atoms with Crippen LogP contribution in [0, 0.1) is 28.9 Å². The fraction of sp³-hybridized carbons (Fsp3) is 0.130. The van der Waals surface area contributed by atoms with E-state index in [1.165, 1.54) is 0 Å². The molecule has 7 nitrogen and oxygen atoms in total. The smallest absolute Gasteiger partial charge is 0.265 e. The number of halogens is 2. The third-order valence-corrected chi connectivity index (χ3v) is 6.01. The quantitative estimate of drug-likeness (QED) is 0.311. The highest BCUT2D eigenvalue weighted by Crippen LogP contribution is 2.28. The predicted octanol–water partition coefficient (Wildman–Crippen LogP) is 3.64. The number of nitrogens with zero attached hydrogens (tertiary/aromatic N) is 1. The molecule has 10 heteroatoms. The Labute approximate surface area is 190 Å². The van der Waals surface area contributed by atoms with Gasteiger partial charge in [0.2, 0.25) is 0 Å². The maximum absolute atomic E-state index is 14.9. The van der Waals surface area contributed by atoms with Crippen LogP contribution in [0.2, 0.25) is 0 Å². The van der Waals surface area contributed by atoms with Gasteiger partial charge in [0.05, 0.1) is 12.7 Å². The van der Waals surface area contributed by atoms with E-state index in [1.807, 2.05) is 31.2 Å². The maximum atomic E-state index is 14.9. The van der Waals surface area contributed by atoms with E-state index in [2.05, 4.69) is 26.9 Å². The SMILES string of the molecule is C[C@@H](Nc1cc(F)c(S(=O)(=O)Nc2ccc(F)cn2)cc1C=N)c1ccccc1C#CCN. The molecular formula is C23H21F2N5O2S. The minimum atomic E-state index is -4.37. The van der Waals surface area contributed by atoms with Gasteiger partial charge in [-0.3, -0.25) is 4.72 Å². The highest BCUT2D eigenvalue weighted by molar-refractivity contribution is 7.92. The Morgan fingerprint density at radius 3 is 2.64 bits per heavy atom. The molecule has 0 aliphatic heterocycles. The van der Waals surface area contributed by atoms with Crippen LogP contribution in [-0.4, -0.2) is 26.2 Å². The van der Waals surface area contributed by atoms with Gasteiger partial charge in [0.25, 0.3) is 10.0 Å². The molecule has 0 saturated heterocycles. The monoisotopic (exact) mass is 469 g/mol. The zero-order valence-corrected chi connectivity index (χ0v) is 18.4. The zero-order valence-electron chi connectivity index (χ0n) is 17.6. The molecule has 3 rings (SSSR count). The van der Waals surface area contributed by atoms with E-state index in [1.54, 1.807) is 0 Å². The van der Waals surface area contributed by atoms with Gasteiger partial charge in [-0.2, -0.15) is 0 Å². The van der Waals surface area contributed by atoms with Gasteiger partial charge in [0.1, 0.15) is 22.3 Å². The summed E-state index contributed by atoms with van der Waals surface area (Å²) in [7, 11) is -4.37. The highest BCUT2D eigenvalue weighted by atomic mass is 32.2. The van der Waals surface area contributed by atoms with Gasteiger partial charge < -0.3 is 16.5 Å². The van der Waals surface area contributed by atoms with Gasteiger partial charge in [-0.25, -0.2) is 22.2 Å². The first kappa shape index (κ1) is 23.8. The molecule has 33 heavy (non-hydrogen) atoms. The second-order valence-corrected chi connectivity index (χ2v) is 8.59. The topological polar surface area (TPSA) is 121 Å². The normalized spacial score (nSPS) is 11.8. The second-order valence-electron chi connectivity index (χ2n) is 6.94. The highest BCUT2D eigenvalue weighted by Gasteiger charge is 2.23. The molecule has 0 saturated carbocycles. The van der Waals surface area contributed by atoms with Crippen molar-refractivity contribution in [2.24, 2.45) is 5.73 Å². The molecule has 2 aromatic carbocycles. The van der Waals surface area contributed by atoms with Crippen molar-refractivity contribution in [3.8, 4) is 11.8 Å². The van der Waals surface area contributed by atoms with Gasteiger partial charge in [-0.1, -0.05) is 30.0 Å². The number of anilines is 2. The molecule has 0 bridgehead atoms. The Kier molecular flexibility index (Phi) is 7.37. The van der Waals surface area contributed by atoms with Crippen molar-refractivity contribution in [2.45, 2.75) is 17.9 Å².